The van der Waals surface area contributed by atoms with Crippen molar-refractivity contribution in [3.05, 3.63) is 42.3 Å². The molecule has 5 heteroatoms. The molecule has 0 spiro atoms. The molecule has 94 valence electrons. The predicted octanol–water partition coefficient (Wildman–Crippen LogP) is 3.05. The van der Waals surface area contributed by atoms with E-state index in [9.17, 15) is 4.79 Å². The van der Waals surface area contributed by atoms with Crippen molar-refractivity contribution in [2.45, 2.75) is 12.1 Å². The van der Waals surface area contributed by atoms with Crippen LogP contribution in [0.2, 0.25) is 0 Å². The van der Waals surface area contributed by atoms with Gasteiger partial charge in [0.2, 0.25) is 0 Å². The highest BCUT2D eigenvalue weighted by Gasteiger charge is 2.13. The number of carbonyl (C=O) groups is 1. The van der Waals surface area contributed by atoms with E-state index >= 15 is 0 Å². The van der Waals surface area contributed by atoms with Gasteiger partial charge in [0.05, 0.1) is 24.1 Å². The fourth-order valence-electron chi connectivity index (χ4n) is 1.47. The maximum atomic E-state index is 12.1. The van der Waals surface area contributed by atoms with E-state index in [1.54, 1.807) is 18.3 Å². The molecule has 18 heavy (non-hydrogen) atoms. The van der Waals surface area contributed by atoms with Crippen molar-refractivity contribution in [1.29, 1.82) is 0 Å². The highest BCUT2D eigenvalue weighted by Crippen LogP contribution is 2.22. The van der Waals surface area contributed by atoms with Crippen molar-refractivity contribution in [3.63, 3.8) is 0 Å². The number of Topliss-reactive ketones (excluding diaryl/α,β-unsaturated/α-hetero) is 1. The molecule has 0 aliphatic heterocycles. The van der Waals surface area contributed by atoms with Gasteiger partial charge in [-0.25, -0.2) is 4.98 Å². The van der Waals surface area contributed by atoms with Crippen LogP contribution in [-0.2, 0) is 0 Å². The summed E-state index contributed by atoms with van der Waals surface area (Å²) < 4.78 is 10.5. The molecule has 0 unspecified atom stereocenters. The standard InChI is InChI=1S/C13H13NO3S/c1-2-16-12-6-4-3-5-10(12)11(15)9-18-13-14-7-8-17-13/h3-8H,2,9H2,1H3. The summed E-state index contributed by atoms with van der Waals surface area (Å²) in [6, 6.07) is 7.24. The van der Waals surface area contributed by atoms with Gasteiger partial charge in [-0.15, -0.1) is 0 Å². The van der Waals surface area contributed by atoms with Crippen LogP contribution in [0.5, 0.6) is 5.75 Å². The third-order valence-electron chi connectivity index (χ3n) is 2.22. The summed E-state index contributed by atoms with van der Waals surface area (Å²) >= 11 is 1.27. The van der Waals surface area contributed by atoms with Gasteiger partial charge in [-0.05, 0) is 19.1 Å². The summed E-state index contributed by atoms with van der Waals surface area (Å²) in [7, 11) is 0. The molecule has 2 aromatic rings. The van der Waals surface area contributed by atoms with Gasteiger partial charge in [0.1, 0.15) is 12.0 Å². The predicted molar refractivity (Wildman–Crippen MR) is 69.2 cm³/mol. The quantitative estimate of drug-likeness (QED) is 0.592. The van der Waals surface area contributed by atoms with E-state index in [0.717, 1.165) is 0 Å². The van der Waals surface area contributed by atoms with Crippen LogP contribution in [0.25, 0.3) is 0 Å². The maximum absolute atomic E-state index is 12.1. The van der Waals surface area contributed by atoms with Gasteiger partial charge < -0.3 is 9.15 Å². The first-order valence-corrected chi connectivity index (χ1v) is 6.57. The molecule has 0 N–H and O–H groups in total. The number of benzene rings is 1. The normalized spacial score (nSPS) is 10.3. The summed E-state index contributed by atoms with van der Waals surface area (Å²) in [6.45, 7) is 2.43. The number of ether oxygens (including phenoxy) is 1. The second kappa shape index (κ2) is 6.26. The number of aromatic nitrogens is 1. The Balaban J connectivity index is 2.04. The summed E-state index contributed by atoms with van der Waals surface area (Å²) in [6.07, 6.45) is 3.04. The molecule has 0 aliphatic rings. The Morgan fingerprint density at radius 3 is 3.00 bits per heavy atom. The fraction of sp³-hybridized carbons (Fsp3) is 0.231. The monoisotopic (exact) mass is 263 g/mol. The van der Waals surface area contributed by atoms with Crippen LogP contribution in [0.4, 0.5) is 0 Å². The maximum Gasteiger partial charge on any atom is 0.255 e. The van der Waals surface area contributed by atoms with Gasteiger partial charge >= 0.3 is 0 Å². The van der Waals surface area contributed by atoms with Crippen molar-refractivity contribution < 1.29 is 13.9 Å². The van der Waals surface area contributed by atoms with E-state index in [4.69, 9.17) is 9.15 Å². The topological polar surface area (TPSA) is 52.3 Å². The molecule has 2 rings (SSSR count). The fourth-order valence-corrected chi connectivity index (χ4v) is 2.13. The third kappa shape index (κ3) is 3.13. The van der Waals surface area contributed by atoms with Crippen LogP contribution < -0.4 is 4.74 Å². The lowest BCUT2D eigenvalue weighted by atomic mass is 10.1. The van der Waals surface area contributed by atoms with Gasteiger partial charge in [0.25, 0.3) is 5.22 Å². The SMILES string of the molecule is CCOc1ccccc1C(=O)CSc1ncco1. The van der Waals surface area contributed by atoms with E-state index in [1.807, 2.05) is 19.1 Å². The first-order valence-electron chi connectivity index (χ1n) is 5.58. The minimum absolute atomic E-state index is 0.00208. The van der Waals surface area contributed by atoms with Crippen molar-refractivity contribution in [2.75, 3.05) is 12.4 Å². The minimum Gasteiger partial charge on any atom is -0.493 e. The first kappa shape index (κ1) is 12.7. The third-order valence-corrected chi connectivity index (χ3v) is 3.08. The van der Waals surface area contributed by atoms with E-state index in [0.29, 0.717) is 23.1 Å². The zero-order valence-electron chi connectivity index (χ0n) is 9.96. The molecule has 1 aromatic heterocycles. The summed E-state index contributed by atoms with van der Waals surface area (Å²) in [5, 5.41) is 0.497. The lowest BCUT2D eigenvalue weighted by molar-refractivity contribution is 0.101. The number of thioether (sulfide) groups is 1. The Morgan fingerprint density at radius 1 is 1.44 bits per heavy atom. The molecular weight excluding hydrogens is 250 g/mol. The Morgan fingerprint density at radius 2 is 2.28 bits per heavy atom. The van der Waals surface area contributed by atoms with E-state index in [-0.39, 0.29) is 11.5 Å². The van der Waals surface area contributed by atoms with Crippen molar-refractivity contribution in [2.24, 2.45) is 0 Å². The van der Waals surface area contributed by atoms with Gasteiger partial charge in [-0.2, -0.15) is 0 Å². The Kier molecular flexibility index (Phi) is 4.41. The number of hydrogen-bond donors (Lipinski definition) is 0. The van der Waals surface area contributed by atoms with Crippen LogP contribution in [0.3, 0.4) is 0 Å². The highest BCUT2D eigenvalue weighted by molar-refractivity contribution is 7.99. The summed E-state index contributed by atoms with van der Waals surface area (Å²) in [5.41, 5.74) is 0.596. The number of para-hydroxylation sites is 1. The molecule has 0 saturated carbocycles. The first-order chi connectivity index (χ1) is 8.81. The van der Waals surface area contributed by atoms with Crippen molar-refractivity contribution >= 4 is 17.5 Å². The average Bonchev–Trinajstić information content (AvgIpc) is 2.90. The van der Waals surface area contributed by atoms with Crippen LogP contribution >= 0.6 is 11.8 Å². The van der Waals surface area contributed by atoms with Gasteiger partial charge in [0, 0.05) is 0 Å². The van der Waals surface area contributed by atoms with Gasteiger partial charge in [-0.3, -0.25) is 4.79 Å². The van der Waals surface area contributed by atoms with E-state index in [1.165, 1.54) is 18.0 Å². The zero-order valence-corrected chi connectivity index (χ0v) is 10.8. The number of carbonyl (C=O) groups excluding carboxylic acids is 1. The van der Waals surface area contributed by atoms with Crippen LogP contribution in [0.15, 0.2) is 46.4 Å². The minimum atomic E-state index is 0.00208. The smallest absolute Gasteiger partial charge is 0.255 e. The van der Waals surface area contributed by atoms with Crippen LogP contribution in [-0.4, -0.2) is 23.1 Å². The second-order valence-electron chi connectivity index (χ2n) is 3.44. The van der Waals surface area contributed by atoms with Crippen molar-refractivity contribution in [3.8, 4) is 5.75 Å². The van der Waals surface area contributed by atoms with E-state index in [2.05, 4.69) is 4.98 Å². The molecule has 1 aromatic carbocycles. The van der Waals surface area contributed by atoms with Gasteiger partial charge in [-0.1, -0.05) is 23.9 Å². The number of rotatable bonds is 6. The largest absolute Gasteiger partial charge is 0.493 e. The molecule has 0 atom stereocenters. The summed E-state index contributed by atoms with van der Waals surface area (Å²) in [4.78, 5) is 16.0. The number of oxazole rings is 1. The van der Waals surface area contributed by atoms with Crippen LogP contribution in [0.1, 0.15) is 17.3 Å². The van der Waals surface area contributed by atoms with Crippen molar-refractivity contribution in [1.82, 2.24) is 4.98 Å². The second-order valence-corrected chi connectivity index (χ2v) is 4.37. The molecule has 1 heterocycles. The molecule has 0 radical (unpaired) electrons. The number of hydrogen-bond acceptors (Lipinski definition) is 5. The molecule has 0 fully saturated rings. The Bertz CT molecular complexity index is 511. The summed E-state index contributed by atoms with van der Waals surface area (Å²) in [5.74, 6) is 0.908. The molecule has 4 nitrogen and oxygen atoms in total. The van der Waals surface area contributed by atoms with E-state index < -0.39 is 0 Å². The lowest BCUT2D eigenvalue weighted by Crippen LogP contribution is -2.06. The number of ketones is 1. The van der Waals surface area contributed by atoms with Crippen LogP contribution in [0, 0.1) is 0 Å². The molecular formula is C13H13NO3S. The van der Waals surface area contributed by atoms with Gasteiger partial charge in [0.15, 0.2) is 5.78 Å². The molecule has 0 amide bonds. The lowest BCUT2D eigenvalue weighted by Gasteiger charge is -2.08. The zero-order chi connectivity index (χ0) is 12.8. The number of nitrogens with zero attached hydrogens (tertiary/aromatic N) is 1. The Labute approximate surface area is 109 Å². The molecule has 0 saturated heterocycles. The molecule has 0 aliphatic carbocycles. The Hall–Kier alpha value is -1.75. The average molecular weight is 263 g/mol. The highest BCUT2D eigenvalue weighted by atomic mass is 32.2. The molecule has 0 bridgehead atoms.